The third-order valence-electron chi connectivity index (χ3n) is 9.74. The number of aromatic nitrogens is 5. The normalized spacial score (nSPS) is 16.0. The second kappa shape index (κ2) is 14.2. The average Bonchev–Trinajstić information content (AvgIpc) is 3.72. The van der Waals surface area contributed by atoms with Crippen molar-refractivity contribution in [3.05, 3.63) is 59.2 Å². The molecule has 0 aliphatic heterocycles. The smallest absolute Gasteiger partial charge is 0.418 e. The van der Waals surface area contributed by atoms with Gasteiger partial charge in [-0.25, -0.2) is 4.98 Å². The molecule has 0 saturated heterocycles. The van der Waals surface area contributed by atoms with Gasteiger partial charge >= 0.3 is 12.1 Å². The Kier molecular flexibility index (Phi) is 10.1. The molecule has 0 atom stereocenters. The highest BCUT2D eigenvalue weighted by molar-refractivity contribution is 6.03. The SMILES string of the molecule is COCC1(CN(C)c2cc(-c3cnc(C4CC4)c(C(F)(F)F)c3)nc3nc(NC(=O)c4ccc(CNC(C)(C)C(=O)OC)cn4)[nH]c23)CCCC1. The molecule has 1 amide bonds. The van der Waals surface area contributed by atoms with Gasteiger partial charge in [-0.2, -0.15) is 18.2 Å². The lowest BCUT2D eigenvalue weighted by atomic mass is 9.86. The maximum atomic E-state index is 14.2. The number of rotatable bonds is 13. The number of anilines is 2. The van der Waals surface area contributed by atoms with E-state index in [0.717, 1.165) is 37.3 Å². The number of alkyl halides is 3. The van der Waals surface area contributed by atoms with Gasteiger partial charge in [0.25, 0.3) is 5.91 Å². The minimum absolute atomic E-state index is 0.0696. The number of aromatic amines is 1. The first-order valence-corrected chi connectivity index (χ1v) is 17.0. The van der Waals surface area contributed by atoms with Crippen LogP contribution in [0.1, 0.15) is 85.6 Å². The number of nitrogens with one attached hydrogen (secondary N) is 3. The quantitative estimate of drug-likeness (QED) is 0.136. The number of ether oxygens (including phenoxy) is 2. The zero-order chi connectivity index (χ0) is 36.6. The number of hydrogen-bond acceptors (Lipinski definition) is 10. The summed E-state index contributed by atoms with van der Waals surface area (Å²) in [7, 11) is 4.94. The van der Waals surface area contributed by atoms with Crippen molar-refractivity contribution in [1.82, 2.24) is 30.2 Å². The zero-order valence-electron chi connectivity index (χ0n) is 29.4. The third-order valence-corrected chi connectivity index (χ3v) is 9.74. The van der Waals surface area contributed by atoms with E-state index in [1.165, 1.54) is 19.5 Å². The maximum absolute atomic E-state index is 14.2. The van der Waals surface area contributed by atoms with E-state index in [1.807, 2.05) is 11.9 Å². The molecule has 3 N–H and O–H groups in total. The Balaban J connectivity index is 1.30. The first-order chi connectivity index (χ1) is 24.2. The van der Waals surface area contributed by atoms with Crippen LogP contribution in [0.4, 0.5) is 24.8 Å². The van der Waals surface area contributed by atoms with Gasteiger partial charge in [-0.15, -0.1) is 0 Å². The molecule has 4 heterocycles. The lowest BCUT2D eigenvalue weighted by molar-refractivity contribution is -0.147. The van der Waals surface area contributed by atoms with E-state index in [2.05, 4.69) is 35.6 Å². The van der Waals surface area contributed by atoms with Gasteiger partial charge in [0.05, 0.1) is 36.4 Å². The molecule has 272 valence electrons. The highest BCUT2D eigenvalue weighted by Gasteiger charge is 2.40. The second-order valence-corrected chi connectivity index (χ2v) is 14.2. The molecule has 2 aliphatic rings. The number of nitrogens with zero attached hydrogens (tertiary/aromatic N) is 5. The first-order valence-electron chi connectivity index (χ1n) is 17.0. The number of pyridine rings is 3. The van der Waals surface area contributed by atoms with E-state index < -0.39 is 29.2 Å². The summed E-state index contributed by atoms with van der Waals surface area (Å²) in [5.41, 5.74) is 1.10. The second-order valence-electron chi connectivity index (χ2n) is 14.2. The molecule has 51 heavy (non-hydrogen) atoms. The summed E-state index contributed by atoms with van der Waals surface area (Å²) in [6.07, 6.45) is 3.94. The van der Waals surface area contributed by atoms with Crippen LogP contribution in [0.2, 0.25) is 0 Å². The number of carbonyl (C=O) groups is 2. The molecule has 2 saturated carbocycles. The summed E-state index contributed by atoms with van der Waals surface area (Å²) in [5.74, 6) is -1.02. The predicted molar refractivity (Wildman–Crippen MR) is 185 cm³/mol. The fourth-order valence-corrected chi connectivity index (χ4v) is 6.86. The first kappa shape index (κ1) is 36.2. The number of amides is 1. The van der Waals surface area contributed by atoms with E-state index in [-0.39, 0.29) is 45.6 Å². The van der Waals surface area contributed by atoms with Crippen LogP contribution in [0.5, 0.6) is 0 Å². The van der Waals surface area contributed by atoms with Crippen LogP contribution >= 0.6 is 0 Å². The standard InChI is InChI=1S/C36H43F3N8O4/c1-34(2,32(49)51-5)42-17-21-8-11-25(40-16-21)31(48)46-33-44-29-27(47(3)19-35(20-50-4)12-6-7-13-35)15-26(43-30(29)45-33)23-14-24(36(37,38)39)28(41-18-23)22-9-10-22/h8,11,14-16,18,22,42H,6-7,9-10,12-13,17,19-20H2,1-5H3,(H2,43,44,45,46,48). The molecule has 6 rings (SSSR count). The fraction of sp³-hybridized carbons (Fsp3) is 0.500. The minimum Gasteiger partial charge on any atom is -0.468 e. The van der Waals surface area contributed by atoms with Crippen molar-refractivity contribution in [3.63, 3.8) is 0 Å². The van der Waals surface area contributed by atoms with Crippen molar-refractivity contribution in [2.45, 2.75) is 76.6 Å². The van der Waals surface area contributed by atoms with E-state index in [0.29, 0.717) is 43.7 Å². The highest BCUT2D eigenvalue weighted by Crippen LogP contribution is 2.46. The predicted octanol–water partition coefficient (Wildman–Crippen LogP) is 6.25. The Morgan fingerprint density at radius 3 is 2.43 bits per heavy atom. The van der Waals surface area contributed by atoms with Crippen LogP contribution in [-0.4, -0.2) is 76.8 Å². The van der Waals surface area contributed by atoms with Gasteiger partial charge in [0.15, 0.2) is 5.65 Å². The lowest BCUT2D eigenvalue weighted by Gasteiger charge is -2.34. The van der Waals surface area contributed by atoms with Crippen molar-refractivity contribution in [2.75, 3.05) is 44.6 Å². The molecule has 0 spiro atoms. The Morgan fingerprint density at radius 1 is 1.06 bits per heavy atom. The van der Waals surface area contributed by atoms with E-state index in [1.54, 1.807) is 39.2 Å². The molecular formula is C36H43F3N8O4. The largest absolute Gasteiger partial charge is 0.468 e. The number of halogens is 3. The summed E-state index contributed by atoms with van der Waals surface area (Å²) in [6, 6.07) is 6.14. The van der Waals surface area contributed by atoms with Crippen molar-refractivity contribution in [3.8, 4) is 11.3 Å². The number of H-pyrrole nitrogens is 1. The number of carbonyl (C=O) groups excluding carboxylic acids is 2. The van der Waals surface area contributed by atoms with Crippen LogP contribution in [0.25, 0.3) is 22.4 Å². The molecule has 2 fully saturated rings. The Labute approximate surface area is 294 Å². The molecule has 15 heteroatoms. The minimum atomic E-state index is -4.56. The molecular weight excluding hydrogens is 665 g/mol. The topological polar surface area (TPSA) is 147 Å². The van der Waals surface area contributed by atoms with E-state index in [4.69, 9.17) is 9.47 Å². The van der Waals surface area contributed by atoms with Crippen LogP contribution in [0.15, 0.2) is 36.7 Å². The van der Waals surface area contributed by atoms with Crippen molar-refractivity contribution >= 4 is 34.7 Å². The van der Waals surface area contributed by atoms with Gasteiger partial charge in [-0.1, -0.05) is 18.9 Å². The van der Waals surface area contributed by atoms with Gasteiger partial charge in [-0.3, -0.25) is 30.2 Å². The average molecular weight is 709 g/mol. The Bertz CT molecular complexity index is 1900. The Hall–Kier alpha value is -4.63. The van der Waals surface area contributed by atoms with Crippen LogP contribution in [-0.2, 0) is 27.0 Å². The lowest BCUT2D eigenvalue weighted by Crippen LogP contribution is -2.46. The number of methoxy groups -OCH3 is 2. The molecule has 12 nitrogen and oxygen atoms in total. The van der Waals surface area contributed by atoms with Crippen LogP contribution in [0, 0.1) is 5.41 Å². The molecule has 2 aliphatic carbocycles. The summed E-state index contributed by atoms with van der Waals surface area (Å²) in [5, 5.41) is 5.85. The molecule has 0 radical (unpaired) electrons. The van der Waals surface area contributed by atoms with E-state index in [9.17, 15) is 22.8 Å². The van der Waals surface area contributed by atoms with Gasteiger partial charge in [-0.05, 0) is 63.3 Å². The monoisotopic (exact) mass is 708 g/mol. The van der Waals surface area contributed by atoms with Gasteiger partial charge in [0.2, 0.25) is 5.95 Å². The summed E-state index contributed by atoms with van der Waals surface area (Å²) < 4.78 is 53.0. The third kappa shape index (κ3) is 7.99. The van der Waals surface area contributed by atoms with Crippen molar-refractivity contribution < 1.29 is 32.2 Å². The number of imidazole rings is 1. The maximum Gasteiger partial charge on any atom is 0.418 e. The summed E-state index contributed by atoms with van der Waals surface area (Å²) >= 11 is 0. The fourth-order valence-electron chi connectivity index (χ4n) is 6.86. The zero-order valence-corrected chi connectivity index (χ0v) is 29.4. The molecule has 4 aromatic rings. The molecule has 0 unspecified atom stereocenters. The highest BCUT2D eigenvalue weighted by atomic mass is 19.4. The van der Waals surface area contributed by atoms with Gasteiger partial charge < -0.3 is 19.4 Å². The summed E-state index contributed by atoms with van der Waals surface area (Å²) in [6.45, 7) is 4.94. The number of hydrogen-bond donors (Lipinski definition) is 3. The molecule has 0 bridgehead atoms. The van der Waals surface area contributed by atoms with Crippen LogP contribution in [0.3, 0.4) is 0 Å². The van der Waals surface area contributed by atoms with Crippen molar-refractivity contribution in [1.29, 1.82) is 0 Å². The van der Waals surface area contributed by atoms with E-state index >= 15 is 0 Å². The Morgan fingerprint density at radius 2 is 1.80 bits per heavy atom. The van der Waals surface area contributed by atoms with Gasteiger partial charge in [0, 0.05) is 56.5 Å². The van der Waals surface area contributed by atoms with Gasteiger partial charge in [0.1, 0.15) is 16.7 Å². The number of fused-ring (bicyclic) bond motifs is 1. The molecule has 0 aromatic carbocycles. The number of esters is 1. The summed E-state index contributed by atoms with van der Waals surface area (Å²) in [4.78, 5) is 48.2. The van der Waals surface area contributed by atoms with Crippen molar-refractivity contribution in [2.24, 2.45) is 5.41 Å². The molecule has 4 aromatic heterocycles. The van der Waals surface area contributed by atoms with Crippen LogP contribution < -0.4 is 15.5 Å².